The Kier molecular flexibility index (Phi) is 5.27. The van der Waals surface area contributed by atoms with E-state index in [0.717, 1.165) is 18.5 Å². The van der Waals surface area contributed by atoms with E-state index >= 15 is 0 Å². The molecule has 0 atom stereocenters. The molecule has 28 heavy (non-hydrogen) atoms. The number of amides is 1. The maximum absolute atomic E-state index is 12.4. The van der Waals surface area contributed by atoms with Gasteiger partial charge in [0.1, 0.15) is 11.4 Å². The third-order valence-electron chi connectivity index (χ3n) is 4.74. The van der Waals surface area contributed by atoms with Crippen LogP contribution < -0.4 is 4.74 Å². The molecule has 0 bridgehead atoms. The first-order valence-electron chi connectivity index (χ1n) is 9.27. The molecule has 0 radical (unpaired) electrons. The van der Waals surface area contributed by atoms with E-state index < -0.39 is 0 Å². The van der Waals surface area contributed by atoms with Gasteiger partial charge in [-0.2, -0.15) is 0 Å². The molecule has 1 saturated heterocycles. The minimum atomic E-state index is -0.0107. The highest BCUT2D eigenvalue weighted by Gasteiger charge is 2.27. The van der Waals surface area contributed by atoms with E-state index in [4.69, 9.17) is 9.15 Å². The number of hydrogen-bond donors (Lipinski definition) is 0. The second-order valence-corrected chi connectivity index (χ2v) is 6.75. The fraction of sp³-hybridized carbons (Fsp3) is 0.350. The molecule has 0 N–H and O–H groups in total. The average Bonchev–Trinajstić information content (AvgIpc) is 3.24. The van der Waals surface area contributed by atoms with Crippen molar-refractivity contribution in [1.82, 2.24) is 25.1 Å². The Morgan fingerprint density at radius 2 is 1.93 bits per heavy atom. The maximum atomic E-state index is 12.4. The zero-order valence-electron chi connectivity index (χ0n) is 15.6. The van der Waals surface area contributed by atoms with E-state index in [0.29, 0.717) is 36.3 Å². The van der Waals surface area contributed by atoms with E-state index in [1.165, 1.54) is 0 Å². The van der Waals surface area contributed by atoms with E-state index in [2.05, 4.69) is 20.2 Å². The summed E-state index contributed by atoms with van der Waals surface area (Å²) < 4.78 is 11.3. The number of benzene rings is 1. The van der Waals surface area contributed by atoms with Gasteiger partial charge in [-0.25, -0.2) is 4.98 Å². The third-order valence-corrected chi connectivity index (χ3v) is 4.74. The predicted octanol–water partition coefficient (Wildman–Crippen LogP) is 2.62. The second kappa shape index (κ2) is 8.16. The van der Waals surface area contributed by atoms with Crippen LogP contribution in [-0.4, -0.2) is 50.7 Å². The maximum Gasteiger partial charge on any atom is 0.267 e. The largest absolute Gasteiger partial charge is 0.484 e. The Morgan fingerprint density at radius 1 is 1.14 bits per heavy atom. The summed E-state index contributed by atoms with van der Waals surface area (Å²) in [6, 6.07) is 9.35. The quantitative estimate of drug-likeness (QED) is 0.672. The van der Waals surface area contributed by atoms with Crippen LogP contribution in [0.25, 0.3) is 11.6 Å². The number of aromatic nitrogens is 4. The Bertz CT molecular complexity index is 919. The van der Waals surface area contributed by atoms with Crippen LogP contribution in [0.15, 0.2) is 47.1 Å². The van der Waals surface area contributed by atoms with E-state index in [-0.39, 0.29) is 18.4 Å². The number of carbonyl (C=O) groups is 1. The van der Waals surface area contributed by atoms with Crippen molar-refractivity contribution in [3.05, 3.63) is 54.3 Å². The number of rotatable bonds is 5. The topological polar surface area (TPSA) is 94.2 Å². The molecule has 0 unspecified atom stereocenters. The van der Waals surface area contributed by atoms with Crippen molar-refractivity contribution in [1.29, 1.82) is 0 Å². The van der Waals surface area contributed by atoms with Crippen LogP contribution in [0.5, 0.6) is 5.75 Å². The fourth-order valence-electron chi connectivity index (χ4n) is 3.14. The monoisotopic (exact) mass is 379 g/mol. The molecule has 144 valence electrons. The molecule has 1 fully saturated rings. The molecule has 0 spiro atoms. The highest BCUT2D eigenvalue weighted by atomic mass is 16.5. The summed E-state index contributed by atoms with van der Waals surface area (Å²) in [6.07, 6.45) is 4.85. The molecule has 1 amide bonds. The third kappa shape index (κ3) is 4.16. The molecular weight excluding hydrogens is 358 g/mol. The van der Waals surface area contributed by atoms with Crippen LogP contribution in [0, 0.1) is 6.92 Å². The zero-order valence-corrected chi connectivity index (χ0v) is 15.6. The lowest BCUT2D eigenvalue weighted by Crippen LogP contribution is -2.40. The lowest BCUT2D eigenvalue weighted by atomic mass is 9.97. The van der Waals surface area contributed by atoms with Gasteiger partial charge >= 0.3 is 0 Å². The minimum Gasteiger partial charge on any atom is -0.484 e. The lowest BCUT2D eigenvalue weighted by molar-refractivity contribution is -0.134. The van der Waals surface area contributed by atoms with Crippen molar-refractivity contribution in [3.8, 4) is 17.3 Å². The smallest absolute Gasteiger partial charge is 0.267 e. The zero-order chi connectivity index (χ0) is 19.3. The van der Waals surface area contributed by atoms with Crippen molar-refractivity contribution in [3.63, 3.8) is 0 Å². The van der Waals surface area contributed by atoms with Gasteiger partial charge < -0.3 is 14.1 Å². The first-order chi connectivity index (χ1) is 13.7. The normalized spacial score (nSPS) is 14.8. The molecule has 4 rings (SSSR count). The summed E-state index contributed by atoms with van der Waals surface area (Å²) in [7, 11) is 0. The van der Waals surface area contributed by atoms with Gasteiger partial charge in [-0.05, 0) is 31.9 Å². The number of nitrogens with zero attached hydrogens (tertiary/aromatic N) is 5. The molecular formula is C20H21N5O3. The molecule has 2 aromatic heterocycles. The molecule has 0 aliphatic carbocycles. The number of likely N-dealkylation sites (tertiary alicyclic amines) is 1. The van der Waals surface area contributed by atoms with Crippen molar-refractivity contribution >= 4 is 5.91 Å². The van der Waals surface area contributed by atoms with Crippen LogP contribution in [0.2, 0.25) is 0 Å². The van der Waals surface area contributed by atoms with Gasteiger partial charge in [-0.15, -0.1) is 10.2 Å². The van der Waals surface area contributed by atoms with Crippen molar-refractivity contribution < 1.29 is 13.9 Å². The molecule has 3 heterocycles. The Labute approximate surface area is 162 Å². The van der Waals surface area contributed by atoms with Crippen LogP contribution in [-0.2, 0) is 4.79 Å². The highest BCUT2D eigenvalue weighted by molar-refractivity contribution is 5.77. The van der Waals surface area contributed by atoms with Gasteiger partial charge in [-0.1, -0.05) is 18.2 Å². The Hall–Kier alpha value is -3.29. The van der Waals surface area contributed by atoms with Crippen molar-refractivity contribution in [2.24, 2.45) is 0 Å². The SMILES string of the molecule is Cc1cnc(-c2nnc(C3CCN(C(=O)COc4ccccc4)CC3)o2)cn1. The Morgan fingerprint density at radius 3 is 2.64 bits per heavy atom. The second-order valence-electron chi connectivity index (χ2n) is 6.75. The fourth-order valence-corrected chi connectivity index (χ4v) is 3.14. The van der Waals surface area contributed by atoms with Gasteiger partial charge in [0.2, 0.25) is 5.89 Å². The van der Waals surface area contributed by atoms with E-state index in [1.807, 2.05) is 42.2 Å². The predicted molar refractivity (Wildman–Crippen MR) is 101 cm³/mol. The first-order valence-corrected chi connectivity index (χ1v) is 9.27. The van der Waals surface area contributed by atoms with Gasteiger partial charge in [0, 0.05) is 25.2 Å². The number of ether oxygens (including phenoxy) is 1. The summed E-state index contributed by atoms with van der Waals surface area (Å²) in [6.45, 7) is 3.20. The minimum absolute atomic E-state index is 0.0107. The highest BCUT2D eigenvalue weighted by Crippen LogP contribution is 2.28. The van der Waals surface area contributed by atoms with E-state index in [9.17, 15) is 4.79 Å². The number of aryl methyl sites for hydroxylation is 1. The summed E-state index contributed by atoms with van der Waals surface area (Å²) in [5.74, 6) is 1.79. The molecule has 0 saturated carbocycles. The van der Waals surface area contributed by atoms with Crippen molar-refractivity contribution in [2.45, 2.75) is 25.7 Å². The molecule has 8 heteroatoms. The van der Waals surface area contributed by atoms with Crippen LogP contribution in [0.4, 0.5) is 0 Å². The van der Waals surface area contributed by atoms with Gasteiger partial charge in [0.05, 0.1) is 11.9 Å². The summed E-state index contributed by atoms with van der Waals surface area (Å²) in [5.41, 5.74) is 1.40. The summed E-state index contributed by atoms with van der Waals surface area (Å²) >= 11 is 0. The Balaban J connectivity index is 1.30. The summed E-state index contributed by atoms with van der Waals surface area (Å²) in [4.78, 5) is 22.6. The molecule has 1 aromatic carbocycles. The first kappa shape index (κ1) is 18.1. The lowest BCUT2D eigenvalue weighted by Gasteiger charge is -2.30. The molecule has 3 aromatic rings. The van der Waals surface area contributed by atoms with Gasteiger partial charge in [0.25, 0.3) is 11.8 Å². The van der Waals surface area contributed by atoms with Crippen LogP contribution in [0.3, 0.4) is 0 Å². The number of carbonyl (C=O) groups excluding carboxylic acids is 1. The summed E-state index contributed by atoms with van der Waals surface area (Å²) in [5, 5.41) is 8.26. The molecule has 1 aliphatic rings. The average molecular weight is 379 g/mol. The van der Waals surface area contributed by atoms with Gasteiger partial charge in [-0.3, -0.25) is 9.78 Å². The van der Waals surface area contributed by atoms with Gasteiger partial charge in [0.15, 0.2) is 6.61 Å². The number of hydrogen-bond acceptors (Lipinski definition) is 7. The molecule has 1 aliphatic heterocycles. The standard InChI is InChI=1S/C20H21N5O3/c1-14-11-22-17(12-21-14)20-24-23-19(28-20)15-7-9-25(10-8-15)18(26)13-27-16-5-3-2-4-6-16/h2-6,11-12,15H,7-10,13H2,1H3. The number of para-hydroxylation sites is 1. The van der Waals surface area contributed by atoms with Crippen molar-refractivity contribution in [2.75, 3.05) is 19.7 Å². The van der Waals surface area contributed by atoms with Crippen LogP contribution in [0.1, 0.15) is 30.3 Å². The number of piperidine rings is 1. The van der Waals surface area contributed by atoms with Crippen LogP contribution >= 0.6 is 0 Å². The molecule has 8 nitrogen and oxygen atoms in total. The van der Waals surface area contributed by atoms with E-state index in [1.54, 1.807) is 12.4 Å².